The molecule has 1 atom stereocenters. The lowest BCUT2D eigenvalue weighted by Crippen LogP contribution is -2.53. The number of sulfone groups is 1. The summed E-state index contributed by atoms with van der Waals surface area (Å²) in [7, 11) is -1.94. The molecule has 0 spiro atoms. The molecule has 1 fully saturated rings. The van der Waals surface area contributed by atoms with Crippen LogP contribution in [0.3, 0.4) is 0 Å². The van der Waals surface area contributed by atoms with Crippen molar-refractivity contribution in [2.24, 2.45) is 0 Å². The van der Waals surface area contributed by atoms with Crippen molar-refractivity contribution in [3.63, 3.8) is 0 Å². The first kappa shape index (κ1) is 16.4. The molecule has 0 aromatic rings. The number of imide groups is 1. The number of carboxylic acids is 1. The van der Waals surface area contributed by atoms with E-state index in [1.54, 1.807) is 0 Å². The van der Waals surface area contributed by atoms with Crippen LogP contribution in [0.1, 0.15) is 6.42 Å². The molecule has 1 aliphatic rings. The highest BCUT2D eigenvalue weighted by Gasteiger charge is 2.33. The van der Waals surface area contributed by atoms with Gasteiger partial charge in [-0.25, -0.2) is 13.2 Å². The second-order valence-corrected chi connectivity index (χ2v) is 6.69. The van der Waals surface area contributed by atoms with Crippen molar-refractivity contribution in [2.75, 3.05) is 31.6 Å². The maximum atomic E-state index is 11.6. The molecule has 114 valence electrons. The molecule has 0 aliphatic carbocycles. The van der Waals surface area contributed by atoms with Gasteiger partial charge in [-0.2, -0.15) is 0 Å². The van der Waals surface area contributed by atoms with Crippen molar-refractivity contribution < 1.29 is 27.9 Å². The highest BCUT2D eigenvalue weighted by Crippen LogP contribution is 2.14. The van der Waals surface area contributed by atoms with Crippen molar-refractivity contribution in [1.82, 2.24) is 15.5 Å². The highest BCUT2D eigenvalue weighted by atomic mass is 32.2. The Morgan fingerprint density at radius 3 is 2.55 bits per heavy atom. The SMILES string of the molecule is CNC(=O)NC(=O)CN1CCS(=O)(=O)CC1CC(=O)O. The average molecular weight is 307 g/mol. The van der Waals surface area contributed by atoms with Gasteiger partial charge in [-0.15, -0.1) is 0 Å². The molecule has 3 N–H and O–H groups in total. The van der Waals surface area contributed by atoms with Gasteiger partial charge in [-0.1, -0.05) is 0 Å². The Labute approximate surface area is 116 Å². The number of aliphatic carboxylic acids is 1. The summed E-state index contributed by atoms with van der Waals surface area (Å²) in [6.07, 6.45) is -0.369. The lowest BCUT2D eigenvalue weighted by molar-refractivity contribution is -0.138. The molecule has 1 rings (SSSR count). The van der Waals surface area contributed by atoms with E-state index in [-0.39, 0.29) is 31.0 Å². The summed E-state index contributed by atoms with van der Waals surface area (Å²) in [6, 6.07) is -1.43. The molecule has 10 heteroatoms. The van der Waals surface area contributed by atoms with Gasteiger partial charge in [0.1, 0.15) is 0 Å². The predicted molar refractivity (Wildman–Crippen MR) is 68.9 cm³/mol. The van der Waals surface area contributed by atoms with Crippen molar-refractivity contribution in [1.29, 1.82) is 0 Å². The summed E-state index contributed by atoms with van der Waals surface area (Å²) in [6.45, 7) is -0.150. The maximum absolute atomic E-state index is 11.6. The highest BCUT2D eigenvalue weighted by molar-refractivity contribution is 7.91. The second-order valence-electron chi connectivity index (χ2n) is 4.46. The topological polar surface area (TPSA) is 133 Å². The van der Waals surface area contributed by atoms with Gasteiger partial charge in [0.05, 0.1) is 24.5 Å². The Bertz CT molecular complexity index is 503. The van der Waals surface area contributed by atoms with Gasteiger partial charge in [0.25, 0.3) is 0 Å². The van der Waals surface area contributed by atoms with Crippen LogP contribution >= 0.6 is 0 Å². The van der Waals surface area contributed by atoms with E-state index in [4.69, 9.17) is 5.11 Å². The molecule has 0 bridgehead atoms. The first-order chi connectivity index (χ1) is 9.23. The van der Waals surface area contributed by atoms with E-state index in [1.807, 2.05) is 5.32 Å². The number of nitrogens with zero attached hydrogens (tertiary/aromatic N) is 1. The number of hydrogen-bond acceptors (Lipinski definition) is 6. The molecule has 0 saturated carbocycles. The summed E-state index contributed by atoms with van der Waals surface area (Å²) in [4.78, 5) is 34.8. The molecule has 0 aromatic heterocycles. The molecule has 0 aromatic carbocycles. The zero-order valence-corrected chi connectivity index (χ0v) is 11.8. The number of carbonyl (C=O) groups is 3. The van der Waals surface area contributed by atoms with Gasteiger partial charge < -0.3 is 10.4 Å². The molecule has 0 radical (unpaired) electrons. The van der Waals surface area contributed by atoms with Gasteiger partial charge in [0.2, 0.25) is 5.91 Å². The lowest BCUT2D eigenvalue weighted by Gasteiger charge is -2.33. The number of nitrogens with one attached hydrogen (secondary N) is 2. The minimum atomic E-state index is -3.29. The molecule has 20 heavy (non-hydrogen) atoms. The number of carboxylic acid groups (broad SMARTS) is 1. The molecular weight excluding hydrogens is 290 g/mol. The van der Waals surface area contributed by atoms with Crippen LogP contribution < -0.4 is 10.6 Å². The number of urea groups is 1. The Morgan fingerprint density at radius 1 is 1.35 bits per heavy atom. The first-order valence-corrected chi connectivity index (χ1v) is 7.73. The van der Waals surface area contributed by atoms with E-state index in [1.165, 1.54) is 11.9 Å². The van der Waals surface area contributed by atoms with Gasteiger partial charge in [-0.05, 0) is 0 Å². The largest absolute Gasteiger partial charge is 0.481 e. The Balaban J connectivity index is 2.68. The Hall–Kier alpha value is -1.68. The van der Waals surface area contributed by atoms with Crippen LogP contribution in [0, 0.1) is 0 Å². The van der Waals surface area contributed by atoms with Crippen molar-refractivity contribution in [3.8, 4) is 0 Å². The third-order valence-corrected chi connectivity index (χ3v) is 4.59. The Kier molecular flexibility index (Phi) is 5.45. The molecule has 3 amide bonds. The Morgan fingerprint density at radius 2 is 2.00 bits per heavy atom. The summed E-state index contributed by atoms with van der Waals surface area (Å²) >= 11 is 0. The minimum Gasteiger partial charge on any atom is -0.481 e. The van der Waals surface area contributed by atoms with Gasteiger partial charge in [-0.3, -0.25) is 19.8 Å². The van der Waals surface area contributed by atoms with E-state index in [2.05, 4.69) is 5.32 Å². The molecule has 9 nitrogen and oxygen atoms in total. The fraction of sp³-hybridized carbons (Fsp3) is 0.700. The second kappa shape index (κ2) is 6.66. The van der Waals surface area contributed by atoms with E-state index in [0.29, 0.717) is 0 Å². The fourth-order valence-electron chi connectivity index (χ4n) is 1.93. The third-order valence-electron chi connectivity index (χ3n) is 2.89. The van der Waals surface area contributed by atoms with Crippen molar-refractivity contribution in [2.45, 2.75) is 12.5 Å². The standard InChI is InChI=1S/C10H17N3O6S/c1-11-10(17)12-8(14)5-13-2-3-20(18,19)6-7(13)4-9(15)16/h7H,2-6H2,1H3,(H,15,16)(H2,11,12,14,17). The van der Waals surface area contributed by atoms with Crippen LogP contribution in [-0.4, -0.2) is 74.0 Å². The van der Waals surface area contributed by atoms with Crippen LogP contribution in [0.25, 0.3) is 0 Å². The lowest BCUT2D eigenvalue weighted by atomic mass is 10.2. The number of amides is 3. The zero-order valence-electron chi connectivity index (χ0n) is 11.0. The third kappa shape index (κ3) is 5.13. The summed E-state index contributed by atoms with van der Waals surface area (Å²) in [5.41, 5.74) is 0. The quantitative estimate of drug-likeness (QED) is 0.548. The van der Waals surface area contributed by atoms with Gasteiger partial charge in [0, 0.05) is 19.6 Å². The fourth-order valence-corrected chi connectivity index (χ4v) is 3.53. The van der Waals surface area contributed by atoms with E-state index in [9.17, 15) is 22.8 Å². The van der Waals surface area contributed by atoms with Crippen molar-refractivity contribution >= 4 is 27.7 Å². The summed E-state index contributed by atoms with van der Waals surface area (Å²) < 4.78 is 23.0. The van der Waals surface area contributed by atoms with Gasteiger partial charge >= 0.3 is 12.0 Å². The average Bonchev–Trinajstić information content (AvgIpc) is 2.31. The molecule has 1 saturated heterocycles. The number of carbonyl (C=O) groups excluding carboxylic acids is 2. The predicted octanol–water partition coefficient (Wildman–Crippen LogP) is -1.98. The smallest absolute Gasteiger partial charge is 0.321 e. The zero-order chi connectivity index (χ0) is 15.3. The summed E-state index contributed by atoms with van der Waals surface area (Å²) in [5.74, 6) is -2.18. The summed E-state index contributed by atoms with van der Waals surface area (Å²) in [5, 5.41) is 13.0. The van der Waals surface area contributed by atoms with E-state index >= 15 is 0 Å². The van der Waals surface area contributed by atoms with Crippen molar-refractivity contribution in [3.05, 3.63) is 0 Å². The maximum Gasteiger partial charge on any atom is 0.321 e. The van der Waals surface area contributed by atoms with Crippen LogP contribution in [0.5, 0.6) is 0 Å². The first-order valence-electron chi connectivity index (χ1n) is 5.91. The van der Waals surface area contributed by atoms with E-state index < -0.39 is 33.8 Å². The van der Waals surface area contributed by atoms with E-state index in [0.717, 1.165) is 0 Å². The molecule has 1 aliphatic heterocycles. The molecule has 1 heterocycles. The number of hydrogen-bond donors (Lipinski definition) is 3. The monoisotopic (exact) mass is 307 g/mol. The number of rotatable bonds is 4. The normalized spacial score (nSPS) is 21.9. The van der Waals surface area contributed by atoms with Crippen LogP contribution in [-0.2, 0) is 19.4 Å². The molecule has 1 unspecified atom stereocenters. The van der Waals surface area contributed by atoms with Crippen LogP contribution in [0.15, 0.2) is 0 Å². The van der Waals surface area contributed by atoms with Gasteiger partial charge in [0.15, 0.2) is 9.84 Å². The van der Waals surface area contributed by atoms with Crippen LogP contribution in [0.4, 0.5) is 4.79 Å². The van der Waals surface area contributed by atoms with Crippen LogP contribution in [0.2, 0.25) is 0 Å². The minimum absolute atomic E-state index is 0.0709. The molecular formula is C10H17N3O6S.